The second-order valence-electron chi connectivity index (χ2n) is 16.0. The molecule has 0 aromatic rings. The molecule has 0 bridgehead atoms. The molecule has 230 valence electrons. The lowest BCUT2D eigenvalue weighted by molar-refractivity contribution is -0.212. The first-order valence-electron chi connectivity index (χ1n) is 16.3. The van der Waals surface area contributed by atoms with Crippen molar-refractivity contribution in [3.05, 3.63) is 11.6 Å². The smallest absolute Gasteiger partial charge is 0.325 e. The Kier molecular flexibility index (Phi) is 7.55. The number of ether oxygens (including phenoxy) is 2. The molecule has 41 heavy (non-hydrogen) atoms. The van der Waals surface area contributed by atoms with Crippen LogP contribution in [0.1, 0.15) is 113 Å². The van der Waals surface area contributed by atoms with E-state index in [9.17, 15) is 14.4 Å². The van der Waals surface area contributed by atoms with E-state index >= 15 is 0 Å². The van der Waals surface area contributed by atoms with Gasteiger partial charge in [-0.3, -0.25) is 14.4 Å². The molecule has 0 aromatic carbocycles. The Morgan fingerprint density at radius 3 is 2.29 bits per heavy atom. The van der Waals surface area contributed by atoms with Crippen molar-refractivity contribution in [1.29, 1.82) is 0 Å². The molecule has 10 atom stereocenters. The van der Waals surface area contributed by atoms with Crippen LogP contribution < -0.4 is 5.32 Å². The number of rotatable bonds is 4. The van der Waals surface area contributed by atoms with E-state index in [1.807, 2.05) is 0 Å². The highest BCUT2D eigenvalue weighted by Gasteiger charge is 2.69. The topological polar surface area (TPSA) is 81.7 Å². The van der Waals surface area contributed by atoms with Gasteiger partial charge in [-0.2, -0.15) is 0 Å². The molecule has 4 saturated carbocycles. The molecule has 0 aromatic heterocycles. The molecular formula is C35H55NO5. The van der Waals surface area contributed by atoms with Crippen LogP contribution in [0.4, 0.5) is 0 Å². The molecule has 0 radical (unpaired) electrons. The first-order chi connectivity index (χ1) is 19.1. The summed E-state index contributed by atoms with van der Waals surface area (Å²) in [4.78, 5) is 37.9. The van der Waals surface area contributed by atoms with Crippen molar-refractivity contribution in [3.8, 4) is 0 Å². The molecule has 0 spiro atoms. The number of fused-ring (bicyclic) bond motifs is 7. The summed E-state index contributed by atoms with van der Waals surface area (Å²) in [7, 11) is 1.37. The van der Waals surface area contributed by atoms with E-state index < -0.39 is 11.4 Å². The lowest BCUT2D eigenvalue weighted by Crippen LogP contribution is -2.66. The standard InChI is InChI=1S/C35H55NO5/c1-21-12-17-35(30(39)36-20-28(38)40-9)19-18-33(7)24(29(35)22(21)2)10-11-26-32(6)15-14-27(41-23(3)37)31(4,5)25(32)13-16-34(26,33)8/h10,21-22,25-27,29H,11-20H2,1-9H3,(H,36,39)/t21-,22+,25+,26-,27+,29+,32+,33-,34-,35+/m1/s1. The highest BCUT2D eigenvalue weighted by atomic mass is 16.5. The van der Waals surface area contributed by atoms with Crippen LogP contribution in [0.25, 0.3) is 0 Å². The summed E-state index contributed by atoms with van der Waals surface area (Å²) in [5.41, 5.74) is 1.36. The third kappa shape index (κ3) is 4.26. The molecule has 0 heterocycles. The summed E-state index contributed by atoms with van der Waals surface area (Å²) in [6, 6.07) is 0. The monoisotopic (exact) mass is 569 g/mol. The first kappa shape index (κ1) is 30.6. The maximum Gasteiger partial charge on any atom is 0.325 e. The van der Waals surface area contributed by atoms with Crippen LogP contribution in [0.3, 0.4) is 0 Å². The molecule has 6 heteroatoms. The number of hydrogen-bond donors (Lipinski definition) is 1. The summed E-state index contributed by atoms with van der Waals surface area (Å²) >= 11 is 0. The fourth-order valence-corrected chi connectivity index (χ4v) is 11.7. The minimum absolute atomic E-state index is 0.0175. The van der Waals surface area contributed by atoms with Crippen LogP contribution in [0.2, 0.25) is 0 Å². The third-order valence-corrected chi connectivity index (χ3v) is 14.3. The van der Waals surface area contributed by atoms with Gasteiger partial charge in [0.2, 0.25) is 5.91 Å². The molecule has 1 amide bonds. The van der Waals surface area contributed by atoms with Gasteiger partial charge in [-0.05, 0) is 104 Å². The zero-order valence-electron chi connectivity index (χ0n) is 27.2. The third-order valence-electron chi connectivity index (χ3n) is 14.3. The number of amides is 1. The maximum absolute atomic E-state index is 14.0. The fourth-order valence-electron chi connectivity index (χ4n) is 11.7. The Hall–Kier alpha value is -1.85. The Balaban J connectivity index is 1.53. The Labute approximate surface area is 248 Å². The van der Waals surface area contributed by atoms with Crippen molar-refractivity contribution in [3.63, 3.8) is 0 Å². The second kappa shape index (κ2) is 10.1. The van der Waals surface area contributed by atoms with Crippen molar-refractivity contribution in [1.82, 2.24) is 5.32 Å². The van der Waals surface area contributed by atoms with E-state index in [2.05, 4.69) is 59.9 Å². The van der Waals surface area contributed by atoms with Gasteiger partial charge in [0.25, 0.3) is 0 Å². The zero-order valence-corrected chi connectivity index (χ0v) is 27.2. The molecule has 0 saturated heterocycles. The number of hydrogen-bond acceptors (Lipinski definition) is 5. The Morgan fingerprint density at radius 2 is 1.63 bits per heavy atom. The van der Waals surface area contributed by atoms with Crippen LogP contribution >= 0.6 is 0 Å². The van der Waals surface area contributed by atoms with Crippen LogP contribution in [0.15, 0.2) is 11.6 Å². The SMILES string of the molecule is COC(=O)CNC(=O)[C@]12CC[C@@H](C)[C@H](C)[C@H]1C1=CC[C@@H]3[C@@]4(C)CC[C@H](OC(C)=O)C(C)(C)[C@@H]4CC[C@@]3(C)[C@]1(C)CC2. The highest BCUT2D eigenvalue weighted by molar-refractivity contribution is 5.87. The van der Waals surface area contributed by atoms with Crippen molar-refractivity contribution < 1.29 is 23.9 Å². The van der Waals surface area contributed by atoms with E-state index in [1.54, 1.807) is 6.92 Å². The zero-order chi connectivity index (χ0) is 30.2. The van der Waals surface area contributed by atoms with Crippen molar-refractivity contribution in [2.75, 3.05) is 13.7 Å². The number of methoxy groups -OCH3 is 1. The van der Waals surface area contributed by atoms with Gasteiger partial charge in [0.1, 0.15) is 12.6 Å². The van der Waals surface area contributed by atoms with Gasteiger partial charge in [0, 0.05) is 12.3 Å². The van der Waals surface area contributed by atoms with E-state index in [0.29, 0.717) is 23.7 Å². The first-order valence-corrected chi connectivity index (χ1v) is 16.3. The average Bonchev–Trinajstić information content (AvgIpc) is 2.91. The summed E-state index contributed by atoms with van der Waals surface area (Å²) in [5.74, 6) is 1.70. The molecule has 1 N–H and O–H groups in total. The van der Waals surface area contributed by atoms with Crippen LogP contribution in [0.5, 0.6) is 0 Å². The quantitative estimate of drug-likeness (QED) is 0.295. The Morgan fingerprint density at radius 1 is 0.927 bits per heavy atom. The van der Waals surface area contributed by atoms with E-state index in [1.165, 1.54) is 19.1 Å². The van der Waals surface area contributed by atoms with Crippen LogP contribution in [-0.2, 0) is 23.9 Å². The number of esters is 2. The van der Waals surface area contributed by atoms with Gasteiger partial charge in [0.15, 0.2) is 0 Å². The summed E-state index contributed by atoms with van der Waals surface area (Å²) in [5, 5.41) is 3.00. The highest BCUT2D eigenvalue weighted by Crippen LogP contribution is 2.75. The minimum atomic E-state index is -0.459. The minimum Gasteiger partial charge on any atom is -0.468 e. The summed E-state index contributed by atoms with van der Waals surface area (Å²) in [6.07, 6.45) is 11.8. The molecule has 6 nitrogen and oxygen atoms in total. The fraction of sp³-hybridized carbons (Fsp3) is 0.857. The molecule has 5 rings (SSSR count). The van der Waals surface area contributed by atoms with Gasteiger partial charge in [0.05, 0.1) is 12.5 Å². The molecule has 5 aliphatic rings. The van der Waals surface area contributed by atoms with Gasteiger partial charge in [-0.15, -0.1) is 0 Å². The van der Waals surface area contributed by atoms with E-state index in [-0.39, 0.29) is 52.1 Å². The Bertz CT molecular complexity index is 1130. The number of nitrogens with one attached hydrogen (secondary N) is 1. The predicted octanol–water partition coefficient (Wildman–Crippen LogP) is 6.86. The van der Waals surface area contributed by atoms with Crippen LogP contribution in [-0.4, -0.2) is 37.6 Å². The average molecular weight is 570 g/mol. The lowest BCUT2D eigenvalue weighted by Gasteiger charge is -2.71. The van der Waals surface area contributed by atoms with E-state index in [4.69, 9.17) is 9.47 Å². The molecule has 0 aliphatic heterocycles. The van der Waals surface area contributed by atoms with E-state index in [0.717, 1.165) is 51.4 Å². The largest absolute Gasteiger partial charge is 0.468 e. The van der Waals surface area contributed by atoms with Gasteiger partial charge >= 0.3 is 11.9 Å². The lowest BCUT2D eigenvalue weighted by atomic mass is 9.33. The maximum atomic E-state index is 14.0. The molecule has 0 unspecified atom stereocenters. The molecule has 4 fully saturated rings. The normalized spacial score (nSPS) is 46.4. The van der Waals surface area contributed by atoms with Crippen molar-refractivity contribution in [2.45, 2.75) is 119 Å². The number of carbonyl (C=O) groups is 3. The number of allylic oxidation sites excluding steroid dienone is 2. The van der Waals surface area contributed by atoms with Crippen molar-refractivity contribution >= 4 is 17.8 Å². The number of carbonyl (C=O) groups excluding carboxylic acids is 3. The molecule has 5 aliphatic carbocycles. The van der Waals surface area contributed by atoms with Crippen molar-refractivity contribution in [2.24, 2.45) is 56.7 Å². The van der Waals surface area contributed by atoms with Gasteiger partial charge in [-0.25, -0.2) is 0 Å². The summed E-state index contributed by atoms with van der Waals surface area (Å²) < 4.78 is 10.7. The van der Waals surface area contributed by atoms with Gasteiger partial charge < -0.3 is 14.8 Å². The summed E-state index contributed by atoms with van der Waals surface area (Å²) in [6.45, 7) is 18.5. The van der Waals surface area contributed by atoms with Crippen LogP contribution in [0, 0.1) is 56.7 Å². The second-order valence-corrected chi connectivity index (χ2v) is 16.0. The molecular weight excluding hydrogens is 514 g/mol. The predicted molar refractivity (Wildman–Crippen MR) is 160 cm³/mol. The van der Waals surface area contributed by atoms with Gasteiger partial charge in [-0.1, -0.05) is 60.1 Å².